The summed E-state index contributed by atoms with van der Waals surface area (Å²) >= 11 is 0. The lowest BCUT2D eigenvalue weighted by Gasteiger charge is -2.14. The first-order chi connectivity index (χ1) is 9.65. The van der Waals surface area contributed by atoms with Gasteiger partial charge in [-0.3, -0.25) is 9.59 Å². The van der Waals surface area contributed by atoms with E-state index in [0.29, 0.717) is 28.0 Å². The van der Waals surface area contributed by atoms with E-state index in [9.17, 15) is 9.59 Å². The summed E-state index contributed by atoms with van der Waals surface area (Å²) in [6.45, 7) is 0. The highest BCUT2D eigenvalue weighted by Crippen LogP contribution is 2.35. The van der Waals surface area contributed by atoms with Gasteiger partial charge in [-0.1, -0.05) is 6.07 Å². The summed E-state index contributed by atoms with van der Waals surface area (Å²) in [6, 6.07) is 7.01. The van der Waals surface area contributed by atoms with Crippen LogP contribution >= 0.6 is 0 Å². The van der Waals surface area contributed by atoms with Crippen molar-refractivity contribution in [3.63, 3.8) is 0 Å². The number of hydrogen-bond acceptors (Lipinski definition) is 4. The first-order valence-electron chi connectivity index (χ1n) is 6.11. The Labute approximate surface area is 115 Å². The highest BCUT2D eigenvalue weighted by molar-refractivity contribution is 6.27. The lowest BCUT2D eigenvalue weighted by molar-refractivity contribution is 0.0995. The van der Waals surface area contributed by atoms with Gasteiger partial charge in [-0.25, -0.2) is 0 Å². The average Bonchev–Trinajstić information content (AvgIpc) is 2.48. The van der Waals surface area contributed by atoms with Crippen LogP contribution in [0.15, 0.2) is 36.4 Å². The Kier molecular flexibility index (Phi) is 2.79. The van der Waals surface area contributed by atoms with Gasteiger partial charge in [0.15, 0.2) is 23.1 Å². The lowest BCUT2D eigenvalue weighted by atomic mass is 9.90. The molecule has 0 bridgehead atoms. The molecule has 0 unspecified atom stereocenters. The Morgan fingerprint density at radius 3 is 2.20 bits per heavy atom. The summed E-state index contributed by atoms with van der Waals surface area (Å²) in [5, 5.41) is 1.53. The van der Waals surface area contributed by atoms with E-state index in [1.807, 2.05) is 0 Å². The van der Waals surface area contributed by atoms with E-state index < -0.39 is 0 Å². The second-order valence-electron chi connectivity index (χ2n) is 4.48. The normalized spacial score (nSPS) is 13.5. The molecular weight excluding hydrogens is 256 g/mol. The van der Waals surface area contributed by atoms with Crippen molar-refractivity contribution in [2.75, 3.05) is 14.2 Å². The number of carbonyl (C=O) groups excluding carboxylic acids is 2. The smallest absolute Gasteiger partial charge is 0.187 e. The first kappa shape index (κ1) is 12.4. The fraction of sp³-hybridized carbons (Fsp3) is 0.125. The van der Waals surface area contributed by atoms with Crippen molar-refractivity contribution in [2.24, 2.45) is 0 Å². The second-order valence-corrected chi connectivity index (χ2v) is 4.48. The van der Waals surface area contributed by atoms with Gasteiger partial charge in [-0.2, -0.15) is 0 Å². The summed E-state index contributed by atoms with van der Waals surface area (Å²) in [7, 11) is 3.09. The van der Waals surface area contributed by atoms with Gasteiger partial charge >= 0.3 is 0 Å². The number of benzene rings is 2. The minimum absolute atomic E-state index is 0.156. The van der Waals surface area contributed by atoms with E-state index in [4.69, 9.17) is 9.47 Å². The minimum Gasteiger partial charge on any atom is -0.493 e. The average molecular weight is 268 g/mol. The van der Waals surface area contributed by atoms with E-state index in [-0.39, 0.29) is 11.6 Å². The van der Waals surface area contributed by atoms with Gasteiger partial charge in [-0.15, -0.1) is 0 Å². The van der Waals surface area contributed by atoms with Crippen molar-refractivity contribution >= 4 is 22.3 Å². The number of ketones is 2. The molecule has 0 atom stereocenters. The Morgan fingerprint density at radius 1 is 0.850 bits per heavy atom. The molecular formula is C16H12O4. The Bertz CT molecular complexity index is 772. The van der Waals surface area contributed by atoms with Crippen LogP contribution in [-0.2, 0) is 0 Å². The number of fused-ring (bicyclic) bond motifs is 3. The van der Waals surface area contributed by atoms with E-state index in [0.717, 1.165) is 5.39 Å². The number of allylic oxidation sites excluding steroid dienone is 2. The molecule has 0 amide bonds. The van der Waals surface area contributed by atoms with Crippen molar-refractivity contribution in [1.29, 1.82) is 0 Å². The highest BCUT2D eigenvalue weighted by Gasteiger charge is 2.22. The Balaban J connectivity index is 2.39. The van der Waals surface area contributed by atoms with E-state index >= 15 is 0 Å². The zero-order valence-electron chi connectivity index (χ0n) is 11.1. The van der Waals surface area contributed by atoms with Crippen LogP contribution in [0.5, 0.6) is 11.5 Å². The van der Waals surface area contributed by atoms with Crippen LogP contribution in [0, 0.1) is 0 Å². The van der Waals surface area contributed by atoms with Gasteiger partial charge in [0.2, 0.25) is 0 Å². The zero-order chi connectivity index (χ0) is 14.3. The predicted octanol–water partition coefficient (Wildman–Crippen LogP) is 2.79. The van der Waals surface area contributed by atoms with Crippen LogP contribution in [0.1, 0.15) is 20.7 Å². The molecule has 2 aromatic carbocycles. The molecule has 0 aromatic heterocycles. The standard InChI is InChI=1S/C16H12O4/c1-19-14-7-9-3-4-10-12(17)5-6-13(18)16(10)11(9)8-15(14)20-2/h3-8H,1-2H3. The highest BCUT2D eigenvalue weighted by atomic mass is 16.5. The number of carbonyl (C=O) groups is 2. The van der Waals surface area contributed by atoms with Crippen LogP contribution in [0.4, 0.5) is 0 Å². The molecule has 0 spiro atoms. The third kappa shape index (κ3) is 1.69. The lowest BCUT2D eigenvalue weighted by Crippen LogP contribution is -2.12. The molecule has 20 heavy (non-hydrogen) atoms. The van der Waals surface area contributed by atoms with Crippen molar-refractivity contribution < 1.29 is 19.1 Å². The third-order valence-corrected chi connectivity index (χ3v) is 3.42. The maximum absolute atomic E-state index is 12.1. The predicted molar refractivity (Wildman–Crippen MR) is 74.9 cm³/mol. The quantitative estimate of drug-likeness (QED) is 0.840. The van der Waals surface area contributed by atoms with Gasteiger partial charge in [-0.05, 0) is 41.1 Å². The van der Waals surface area contributed by atoms with Gasteiger partial charge in [0.1, 0.15) is 0 Å². The van der Waals surface area contributed by atoms with Crippen LogP contribution < -0.4 is 9.47 Å². The molecule has 100 valence electrons. The molecule has 0 N–H and O–H groups in total. The van der Waals surface area contributed by atoms with Gasteiger partial charge in [0, 0.05) is 11.1 Å². The molecule has 2 aromatic rings. The molecule has 0 aliphatic heterocycles. The molecule has 0 fully saturated rings. The maximum Gasteiger partial charge on any atom is 0.187 e. The molecule has 0 heterocycles. The van der Waals surface area contributed by atoms with E-state index in [1.165, 1.54) is 19.3 Å². The fourth-order valence-electron chi connectivity index (χ4n) is 2.45. The maximum atomic E-state index is 12.1. The summed E-state index contributed by atoms with van der Waals surface area (Å²) in [5.41, 5.74) is 0.855. The molecule has 1 aliphatic rings. The van der Waals surface area contributed by atoms with Crippen LogP contribution in [-0.4, -0.2) is 25.8 Å². The molecule has 0 saturated carbocycles. The summed E-state index contributed by atoms with van der Waals surface area (Å²) in [6.07, 6.45) is 2.61. The number of hydrogen-bond donors (Lipinski definition) is 0. The van der Waals surface area contributed by atoms with Crippen LogP contribution in [0.25, 0.3) is 10.8 Å². The summed E-state index contributed by atoms with van der Waals surface area (Å²) in [5.74, 6) is 0.794. The van der Waals surface area contributed by atoms with E-state index in [2.05, 4.69) is 0 Å². The minimum atomic E-state index is -0.169. The number of methoxy groups -OCH3 is 2. The Hall–Kier alpha value is -2.62. The largest absolute Gasteiger partial charge is 0.493 e. The van der Waals surface area contributed by atoms with Crippen LogP contribution in [0.2, 0.25) is 0 Å². The second kappa shape index (κ2) is 4.49. The molecule has 0 saturated heterocycles. The third-order valence-electron chi connectivity index (χ3n) is 3.42. The van der Waals surface area contributed by atoms with Gasteiger partial charge < -0.3 is 9.47 Å². The van der Waals surface area contributed by atoms with Gasteiger partial charge in [0.05, 0.1) is 14.2 Å². The molecule has 1 aliphatic carbocycles. The monoisotopic (exact) mass is 268 g/mol. The van der Waals surface area contributed by atoms with Gasteiger partial charge in [0.25, 0.3) is 0 Å². The molecule has 4 heteroatoms. The summed E-state index contributed by atoms with van der Waals surface area (Å²) in [4.78, 5) is 23.9. The number of rotatable bonds is 2. The summed E-state index contributed by atoms with van der Waals surface area (Å²) < 4.78 is 10.5. The fourth-order valence-corrected chi connectivity index (χ4v) is 2.45. The Morgan fingerprint density at radius 2 is 1.50 bits per heavy atom. The SMILES string of the molecule is COc1cc2ccc3c(c2cc1OC)C(=O)C=CC3=O. The number of ether oxygens (including phenoxy) is 2. The van der Waals surface area contributed by atoms with Crippen LogP contribution in [0.3, 0.4) is 0 Å². The first-order valence-corrected chi connectivity index (χ1v) is 6.11. The van der Waals surface area contributed by atoms with Crippen molar-refractivity contribution in [1.82, 2.24) is 0 Å². The molecule has 4 nitrogen and oxygen atoms in total. The molecule has 3 rings (SSSR count). The zero-order valence-corrected chi connectivity index (χ0v) is 11.1. The van der Waals surface area contributed by atoms with Crippen molar-refractivity contribution in [2.45, 2.75) is 0 Å². The van der Waals surface area contributed by atoms with E-state index in [1.54, 1.807) is 31.4 Å². The topological polar surface area (TPSA) is 52.6 Å². The van der Waals surface area contributed by atoms with Crippen molar-refractivity contribution in [3.05, 3.63) is 47.5 Å². The van der Waals surface area contributed by atoms with Crippen molar-refractivity contribution in [3.8, 4) is 11.5 Å². The molecule has 0 radical (unpaired) electrons.